The van der Waals surface area contributed by atoms with Gasteiger partial charge in [0.2, 0.25) is 0 Å². The minimum atomic E-state index is -0.0252. The van der Waals surface area contributed by atoms with E-state index in [9.17, 15) is 0 Å². The van der Waals surface area contributed by atoms with Crippen LogP contribution >= 0.6 is 0 Å². The molecule has 1 fully saturated rings. The molecule has 1 aromatic carbocycles. The monoisotopic (exact) mass is 235 g/mol. The lowest BCUT2D eigenvalue weighted by molar-refractivity contribution is -0.0525. The standard InChI is InChI=1S/C14H21NO2/c1-2-15-13(11-14-16-8-9-17-14)10-12-6-4-3-5-7-12/h3-7,13-15H,2,8-11H2,1H3. The Morgan fingerprint density at radius 3 is 2.59 bits per heavy atom. The average molecular weight is 235 g/mol. The SMILES string of the molecule is CCNC(Cc1ccccc1)CC1OCCO1. The lowest BCUT2D eigenvalue weighted by Crippen LogP contribution is -2.34. The molecule has 3 nitrogen and oxygen atoms in total. The number of rotatable bonds is 6. The van der Waals surface area contributed by atoms with E-state index in [2.05, 4.69) is 42.6 Å². The number of ether oxygens (including phenoxy) is 2. The van der Waals surface area contributed by atoms with Crippen LogP contribution in [0.25, 0.3) is 0 Å². The molecule has 1 aromatic rings. The maximum atomic E-state index is 5.51. The van der Waals surface area contributed by atoms with Crippen molar-refractivity contribution in [3.8, 4) is 0 Å². The molecule has 1 atom stereocenters. The van der Waals surface area contributed by atoms with Crippen LogP contribution in [-0.2, 0) is 15.9 Å². The summed E-state index contributed by atoms with van der Waals surface area (Å²) < 4.78 is 11.0. The molecule has 0 saturated carbocycles. The Bertz CT molecular complexity index is 309. The van der Waals surface area contributed by atoms with Gasteiger partial charge >= 0.3 is 0 Å². The van der Waals surface area contributed by atoms with E-state index in [4.69, 9.17) is 9.47 Å². The molecule has 1 unspecified atom stereocenters. The number of hydrogen-bond donors (Lipinski definition) is 1. The molecule has 17 heavy (non-hydrogen) atoms. The van der Waals surface area contributed by atoms with Crippen molar-refractivity contribution in [2.24, 2.45) is 0 Å². The molecular formula is C14H21NO2. The summed E-state index contributed by atoms with van der Waals surface area (Å²) in [7, 11) is 0. The fraction of sp³-hybridized carbons (Fsp3) is 0.571. The predicted molar refractivity (Wildman–Crippen MR) is 67.9 cm³/mol. The topological polar surface area (TPSA) is 30.5 Å². The van der Waals surface area contributed by atoms with Gasteiger partial charge in [0.1, 0.15) is 0 Å². The summed E-state index contributed by atoms with van der Waals surface area (Å²) in [6.45, 7) is 4.57. The molecule has 94 valence electrons. The zero-order chi connectivity index (χ0) is 11.9. The van der Waals surface area contributed by atoms with Gasteiger partial charge in [-0.05, 0) is 18.5 Å². The van der Waals surface area contributed by atoms with Crippen molar-refractivity contribution in [2.75, 3.05) is 19.8 Å². The second-order valence-electron chi connectivity index (χ2n) is 4.35. The van der Waals surface area contributed by atoms with Gasteiger partial charge in [-0.15, -0.1) is 0 Å². The van der Waals surface area contributed by atoms with Crippen LogP contribution in [0.2, 0.25) is 0 Å². The van der Waals surface area contributed by atoms with Crippen LogP contribution in [0.1, 0.15) is 18.9 Å². The van der Waals surface area contributed by atoms with Gasteiger partial charge in [-0.25, -0.2) is 0 Å². The molecule has 1 saturated heterocycles. The lowest BCUT2D eigenvalue weighted by atomic mass is 10.0. The Balaban J connectivity index is 1.87. The molecule has 0 aliphatic carbocycles. The number of likely N-dealkylation sites (N-methyl/N-ethyl adjacent to an activating group) is 1. The summed E-state index contributed by atoms with van der Waals surface area (Å²) in [5.41, 5.74) is 1.36. The van der Waals surface area contributed by atoms with Crippen LogP contribution in [-0.4, -0.2) is 32.1 Å². The Labute approximate surface area is 103 Å². The first kappa shape index (κ1) is 12.6. The highest BCUT2D eigenvalue weighted by Gasteiger charge is 2.20. The van der Waals surface area contributed by atoms with Gasteiger partial charge in [0.25, 0.3) is 0 Å². The van der Waals surface area contributed by atoms with Gasteiger partial charge < -0.3 is 14.8 Å². The average Bonchev–Trinajstić information content (AvgIpc) is 2.83. The quantitative estimate of drug-likeness (QED) is 0.817. The van der Waals surface area contributed by atoms with Crippen molar-refractivity contribution >= 4 is 0 Å². The number of nitrogens with one attached hydrogen (secondary N) is 1. The highest BCUT2D eigenvalue weighted by atomic mass is 16.7. The largest absolute Gasteiger partial charge is 0.350 e. The Morgan fingerprint density at radius 1 is 1.24 bits per heavy atom. The fourth-order valence-corrected chi connectivity index (χ4v) is 2.20. The fourth-order valence-electron chi connectivity index (χ4n) is 2.20. The van der Waals surface area contributed by atoms with Gasteiger partial charge in [-0.3, -0.25) is 0 Å². The van der Waals surface area contributed by atoms with Gasteiger partial charge in [-0.1, -0.05) is 37.3 Å². The van der Waals surface area contributed by atoms with Crippen molar-refractivity contribution in [3.63, 3.8) is 0 Å². The van der Waals surface area contributed by atoms with E-state index in [0.717, 1.165) is 32.6 Å². The number of hydrogen-bond acceptors (Lipinski definition) is 3. The van der Waals surface area contributed by atoms with Crippen LogP contribution in [0.5, 0.6) is 0 Å². The van der Waals surface area contributed by atoms with Crippen molar-refractivity contribution in [1.29, 1.82) is 0 Å². The molecule has 2 rings (SSSR count). The third kappa shape index (κ3) is 4.11. The minimum absolute atomic E-state index is 0.0252. The Morgan fingerprint density at radius 2 is 1.94 bits per heavy atom. The third-order valence-corrected chi connectivity index (χ3v) is 2.99. The molecule has 0 aromatic heterocycles. The van der Waals surface area contributed by atoms with E-state index in [1.54, 1.807) is 0 Å². The second-order valence-corrected chi connectivity index (χ2v) is 4.35. The Kier molecular flexibility index (Phi) is 4.98. The molecule has 0 bridgehead atoms. The highest BCUT2D eigenvalue weighted by molar-refractivity contribution is 5.15. The first-order chi connectivity index (χ1) is 8.38. The molecular weight excluding hydrogens is 214 g/mol. The van der Waals surface area contributed by atoms with Gasteiger partial charge in [-0.2, -0.15) is 0 Å². The Hall–Kier alpha value is -0.900. The van der Waals surface area contributed by atoms with Crippen molar-refractivity contribution in [2.45, 2.75) is 32.1 Å². The van der Waals surface area contributed by atoms with Crippen molar-refractivity contribution in [3.05, 3.63) is 35.9 Å². The van der Waals surface area contributed by atoms with Crippen molar-refractivity contribution in [1.82, 2.24) is 5.32 Å². The van der Waals surface area contributed by atoms with E-state index in [1.165, 1.54) is 5.56 Å². The van der Waals surface area contributed by atoms with Gasteiger partial charge in [0.05, 0.1) is 13.2 Å². The lowest BCUT2D eigenvalue weighted by Gasteiger charge is -2.20. The smallest absolute Gasteiger partial charge is 0.159 e. The molecule has 0 radical (unpaired) electrons. The predicted octanol–water partition coefficient (Wildman–Crippen LogP) is 1.97. The van der Waals surface area contributed by atoms with E-state index < -0.39 is 0 Å². The zero-order valence-electron chi connectivity index (χ0n) is 10.4. The van der Waals surface area contributed by atoms with E-state index in [-0.39, 0.29) is 6.29 Å². The molecule has 1 aliphatic heterocycles. The van der Waals surface area contributed by atoms with Crippen LogP contribution in [0.4, 0.5) is 0 Å². The van der Waals surface area contributed by atoms with Crippen LogP contribution in [0.3, 0.4) is 0 Å². The van der Waals surface area contributed by atoms with Gasteiger partial charge in [0.15, 0.2) is 6.29 Å². The molecule has 1 heterocycles. The van der Waals surface area contributed by atoms with Crippen LogP contribution < -0.4 is 5.32 Å². The summed E-state index contributed by atoms with van der Waals surface area (Å²) in [5, 5.41) is 3.50. The normalized spacial score (nSPS) is 18.4. The summed E-state index contributed by atoms with van der Waals surface area (Å²) in [6.07, 6.45) is 1.92. The molecule has 0 spiro atoms. The number of benzene rings is 1. The summed E-state index contributed by atoms with van der Waals surface area (Å²) >= 11 is 0. The zero-order valence-corrected chi connectivity index (χ0v) is 10.4. The van der Waals surface area contributed by atoms with Gasteiger partial charge in [0, 0.05) is 12.5 Å². The molecule has 0 amide bonds. The van der Waals surface area contributed by atoms with E-state index in [0.29, 0.717) is 6.04 Å². The maximum absolute atomic E-state index is 5.51. The highest BCUT2D eigenvalue weighted by Crippen LogP contribution is 2.14. The first-order valence-corrected chi connectivity index (χ1v) is 6.39. The summed E-state index contributed by atoms with van der Waals surface area (Å²) in [4.78, 5) is 0. The molecule has 1 aliphatic rings. The van der Waals surface area contributed by atoms with Crippen LogP contribution in [0.15, 0.2) is 30.3 Å². The summed E-state index contributed by atoms with van der Waals surface area (Å²) in [6, 6.07) is 11.0. The summed E-state index contributed by atoms with van der Waals surface area (Å²) in [5.74, 6) is 0. The maximum Gasteiger partial charge on any atom is 0.159 e. The van der Waals surface area contributed by atoms with E-state index in [1.807, 2.05) is 0 Å². The van der Waals surface area contributed by atoms with Crippen LogP contribution in [0, 0.1) is 0 Å². The minimum Gasteiger partial charge on any atom is -0.350 e. The van der Waals surface area contributed by atoms with E-state index >= 15 is 0 Å². The second kappa shape index (κ2) is 6.74. The molecule has 1 N–H and O–H groups in total. The molecule has 3 heteroatoms. The third-order valence-electron chi connectivity index (χ3n) is 2.99. The first-order valence-electron chi connectivity index (χ1n) is 6.39. The van der Waals surface area contributed by atoms with Crippen molar-refractivity contribution < 1.29 is 9.47 Å².